The van der Waals surface area contributed by atoms with Crippen molar-refractivity contribution in [3.05, 3.63) is 24.3 Å². The lowest BCUT2D eigenvalue weighted by Gasteiger charge is -2.58. The Morgan fingerprint density at radius 3 is 2.52 bits per heavy atom. The number of epoxide rings is 3. The summed E-state index contributed by atoms with van der Waals surface area (Å²) in [4.78, 5) is 26.4. The monoisotopic (exact) mass is 562 g/mol. The van der Waals surface area contributed by atoms with E-state index in [0.29, 0.717) is 19.4 Å². The van der Waals surface area contributed by atoms with E-state index in [0.717, 1.165) is 6.42 Å². The van der Waals surface area contributed by atoms with Gasteiger partial charge in [0, 0.05) is 17.9 Å². The molecule has 40 heavy (non-hydrogen) atoms. The largest absolute Gasteiger partial charge is 0.463 e. The van der Waals surface area contributed by atoms with Gasteiger partial charge in [-0.25, -0.2) is 9.59 Å². The van der Waals surface area contributed by atoms with E-state index in [1.54, 1.807) is 26.0 Å². The molecule has 7 aliphatic rings. The van der Waals surface area contributed by atoms with Crippen molar-refractivity contribution in [2.45, 2.75) is 113 Å². The highest BCUT2D eigenvalue weighted by Crippen LogP contribution is 2.75. The van der Waals surface area contributed by atoms with Gasteiger partial charge >= 0.3 is 11.9 Å². The molecular formula is C29H38O11. The minimum atomic E-state index is -1.18. The molecule has 0 aromatic heterocycles. The molecule has 2 aliphatic carbocycles. The Hall–Kier alpha value is -1.86. The summed E-state index contributed by atoms with van der Waals surface area (Å²) in [6.45, 7) is 7.67. The number of allylic oxidation sites excluding steroid dienone is 2. The summed E-state index contributed by atoms with van der Waals surface area (Å²) < 4.78 is 42.6. The zero-order chi connectivity index (χ0) is 28.3. The first-order valence-corrected chi connectivity index (χ1v) is 14.3. The van der Waals surface area contributed by atoms with Crippen molar-refractivity contribution in [2.75, 3.05) is 19.8 Å². The first-order valence-electron chi connectivity index (χ1n) is 14.3. The fraction of sp³-hybridized carbons (Fsp3) is 0.793. The van der Waals surface area contributed by atoms with E-state index in [1.165, 1.54) is 12.2 Å². The van der Waals surface area contributed by atoms with Crippen LogP contribution in [-0.2, 0) is 42.7 Å². The third-order valence-electron chi connectivity index (χ3n) is 11.1. The second kappa shape index (κ2) is 8.59. The number of fused-ring (bicyclic) bond motifs is 3. The number of aliphatic hydroxyl groups excluding tert-OH is 2. The van der Waals surface area contributed by atoms with Crippen LogP contribution < -0.4 is 0 Å². The fourth-order valence-corrected chi connectivity index (χ4v) is 8.09. The Bertz CT molecular complexity index is 1160. The topological polar surface area (TPSA) is 149 Å². The molecule has 2 N–H and O–H groups in total. The lowest BCUT2D eigenvalue weighted by Crippen LogP contribution is -2.69. The van der Waals surface area contributed by atoms with Crippen molar-refractivity contribution in [3.8, 4) is 0 Å². The van der Waals surface area contributed by atoms with E-state index in [2.05, 4.69) is 13.8 Å². The molecule has 6 fully saturated rings. The van der Waals surface area contributed by atoms with Gasteiger partial charge in [-0.05, 0) is 33.6 Å². The van der Waals surface area contributed by atoms with Crippen LogP contribution in [0, 0.1) is 10.8 Å². The van der Waals surface area contributed by atoms with Gasteiger partial charge in [-0.2, -0.15) is 0 Å². The van der Waals surface area contributed by atoms with Crippen molar-refractivity contribution >= 4 is 11.9 Å². The molecule has 2 spiro atoms. The molecule has 7 rings (SSSR count). The highest BCUT2D eigenvalue weighted by Gasteiger charge is 2.86. The Kier molecular flexibility index (Phi) is 5.80. The normalized spacial score (nSPS) is 57.2. The molecule has 2 saturated carbocycles. The average Bonchev–Trinajstić information content (AvgIpc) is 3.81. The number of esters is 2. The second-order valence-corrected chi connectivity index (χ2v) is 13.2. The maximum absolute atomic E-state index is 13.4. The fourth-order valence-electron chi connectivity index (χ4n) is 8.09. The van der Waals surface area contributed by atoms with Gasteiger partial charge in [0.1, 0.15) is 42.2 Å². The van der Waals surface area contributed by atoms with Gasteiger partial charge in [-0.3, -0.25) is 0 Å². The first-order chi connectivity index (χ1) is 18.9. The molecule has 5 aliphatic heterocycles. The summed E-state index contributed by atoms with van der Waals surface area (Å²) in [6.07, 6.45) is 2.83. The number of hydrogen-bond acceptors (Lipinski definition) is 11. The number of carbonyl (C=O) groups is 2. The van der Waals surface area contributed by atoms with Gasteiger partial charge < -0.3 is 43.4 Å². The van der Waals surface area contributed by atoms with E-state index < -0.39 is 64.5 Å². The number of rotatable bonds is 1. The van der Waals surface area contributed by atoms with E-state index in [1.807, 2.05) is 0 Å². The minimum Gasteiger partial charge on any atom is -0.463 e. The Labute approximate surface area is 232 Å². The highest BCUT2D eigenvalue weighted by atomic mass is 16.7. The van der Waals surface area contributed by atoms with Gasteiger partial charge in [-0.1, -0.05) is 25.2 Å². The quantitative estimate of drug-likeness (QED) is 0.344. The second-order valence-electron chi connectivity index (χ2n) is 13.2. The first kappa shape index (κ1) is 27.0. The number of aliphatic hydroxyl groups is 2. The van der Waals surface area contributed by atoms with Crippen molar-refractivity contribution in [3.63, 3.8) is 0 Å². The van der Waals surface area contributed by atoms with Gasteiger partial charge in [-0.15, -0.1) is 0 Å². The average molecular weight is 563 g/mol. The van der Waals surface area contributed by atoms with E-state index in [-0.39, 0.29) is 37.1 Å². The van der Waals surface area contributed by atoms with Crippen LogP contribution in [0.2, 0.25) is 0 Å². The Morgan fingerprint density at radius 2 is 1.80 bits per heavy atom. The van der Waals surface area contributed by atoms with Crippen LogP contribution in [0.5, 0.6) is 0 Å². The van der Waals surface area contributed by atoms with Crippen LogP contribution in [0.25, 0.3) is 0 Å². The number of cyclic esters (lactones) is 1. The van der Waals surface area contributed by atoms with Crippen molar-refractivity contribution < 1.29 is 53.0 Å². The zero-order valence-electron chi connectivity index (χ0n) is 23.2. The maximum Gasteiger partial charge on any atom is 0.338 e. The summed E-state index contributed by atoms with van der Waals surface area (Å²) in [5, 5.41) is 20.9. The standard InChI is InChI=1S/C29H38O11/c1-15(30)16-7-5-6-8-20(32)37-18-11-19-29(14-36-29)27(18,4)28(10-9-25(2)21(39-25)22(28)38-19)13-35-24(33)23-26(3,40-23)17(31)12-34-16/h5-8,15-19,21-23,30-31H,9-14H2,1-4H3/b7-5-,8-6-/t15-,16-,17+,18+,19+,21+,22-,23+,25+,26-,27-,28-,29+/m0/s1. The summed E-state index contributed by atoms with van der Waals surface area (Å²) in [5.74, 6) is -1.10. The van der Waals surface area contributed by atoms with Crippen LogP contribution in [0.1, 0.15) is 47.0 Å². The van der Waals surface area contributed by atoms with Crippen LogP contribution in [-0.4, -0.2) is 108 Å². The SMILES string of the molecule is C[C@H](O)[C@@H]1/C=C\C=C/C(=O)O[C@@H]2C[C@H]3O[C@H]4[C@H]5O[C@]5(C)CC[C@@]4(COC(=O)[C@H]4O[C@@]4(C)[C@H](O)CO1)[C@@]2(C)[C@@]31CO1. The molecule has 2 bridgehead atoms. The lowest BCUT2D eigenvalue weighted by atomic mass is 9.50. The molecule has 13 atom stereocenters. The molecule has 11 heteroatoms. The number of hydrogen-bond donors (Lipinski definition) is 2. The van der Waals surface area contributed by atoms with Gasteiger partial charge in [0.2, 0.25) is 0 Å². The molecule has 4 saturated heterocycles. The predicted octanol–water partition coefficient (Wildman–Crippen LogP) is 0.736. The molecule has 0 aromatic carbocycles. The molecule has 11 nitrogen and oxygen atoms in total. The van der Waals surface area contributed by atoms with Gasteiger partial charge in [0.25, 0.3) is 0 Å². The van der Waals surface area contributed by atoms with E-state index in [4.69, 9.17) is 33.2 Å². The van der Waals surface area contributed by atoms with Crippen LogP contribution >= 0.6 is 0 Å². The minimum absolute atomic E-state index is 0.0139. The van der Waals surface area contributed by atoms with E-state index in [9.17, 15) is 19.8 Å². The van der Waals surface area contributed by atoms with Crippen LogP contribution in [0.3, 0.4) is 0 Å². The van der Waals surface area contributed by atoms with Crippen LogP contribution in [0.4, 0.5) is 0 Å². The highest BCUT2D eigenvalue weighted by molar-refractivity contribution is 5.82. The van der Waals surface area contributed by atoms with Crippen LogP contribution in [0.15, 0.2) is 24.3 Å². The summed E-state index contributed by atoms with van der Waals surface area (Å²) in [5.41, 5.74) is -3.54. The number of ether oxygens (including phenoxy) is 7. The smallest absolute Gasteiger partial charge is 0.338 e. The molecule has 0 unspecified atom stereocenters. The van der Waals surface area contributed by atoms with Crippen molar-refractivity contribution in [1.29, 1.82) is 0 Å². The van der Waals surface area contributed by atoms with Crippen molar-refractivity contribution in [2.24, 2.45) is 10.8 Å². The molecule has 0 radical (unpaired) electrons. The van der Waals surface area contributed by atoms with E-state index >= 15 is 0 Å². The molecule has 0 aromatic rings. The number of carbonyl (C=O) groups excluding carboxylic acids is 2. The molecule has 220 valence electrons. The molecule has 0 amide bonds. The Morgan fingerprint density at radius 1 is 1.02 bits per heavy atom. The molecular weight excluding hydrogens is 524 g/mol. The van der Waals surface area contributed by atoms with Gasteiger partial charge in [0.05, 0.1) is 42.5 Å². The Balaban J connectivity index is 1.25. The third kappa shape index (κ3) is 3.55. The zero-order valence-corrected chi connectivity index (χ0v) is 23.2. The predicted molar refractivity (Wildman–Crippen MR) is 135 cm³/mol. The third-order valence-corrected chi connectivity index (χ3v) is 11.1. The molecule has 5 heterocycles. The van der Waals surface area contributed by atoms with Crippen molar-refractivity contribution in [1.82, 2.24) is 0 Å². The summed E-state index contributed by atoms with van der Waals surface area (Å²) >= 11 is 0. The van der Waals surface area contributed by atoms with Gasteiger partial charge in [0.15, 0.2) is 6.10 Å². The maximum atomic E-state index is 13.4. The summed E-state index contributed by atoms with van der Waals surface area (Å²) in [6, 6.07) is 0. The summed E-state index contributed by atoms with van der Waals surface area (Å²) in [7, 11) is 0. The lowest BCUT2D eigenvalue weighted by molar-refractivity contribution is -0.251.